The third kappa shape index (κ3) is 2.89. The van der Waals surface area contributed by atoms with E-state index in [2.05, 4.69) is 94.3 Å². The van der Waals surface area contributed by atoms with Crippen molar-refractivity contribution in [3.8, 4) is 0 Å². The van der Waals surface area contributed by atoms with Gasteiger partial charge in [-0.1, -0.05) is 30.3 Å². The van der Waals surface area contributed by atoms with Crippen LogP contribution < -0.4 is 9.47 Å². The minimum atomic E-state index is 1.13. The van der Waals surface area contributed by atoms with E-state index in [4.69, 9.17) is 0 Å². The van der Waals surface area contributed by atoms with Crippen molar-refractivity contribution in [1.82, 2.24) is 4.98 Å². The number of aryl methyl sites for hydroxylation is 1. The van der Waals surface area contributed by atoms with Gasteiger partial charge in [0.1, 0.15) is 7.05 Å². The van der Waals surface area contributed by atoms with Crippen LogP contribution in [-0.2, 0) is 7.05 Å². The minimum Gasteiger partial charge on any atom is -0.371 e. The van der Waals surface area contributed by atoms with Gasteiger partial charge in [0.05, 0.1) is 11.1 Å². The summed E-state index contributed by atoms with van der Waals surface area (Å²) >= 11 is 0. The van der Waals surface area contributed by atoms with Gasteiger partial charge in [0.25, 0.3) is 0 Å². The number of H-pyrrole nitrogens is 1. The van der Waals surface area contributed by atoms with Crippen LogP contribution in [0.25, 0.3) is 34.0 Å². The van der Waals surface area contributed by atoms with Crippen LogP contribution in [0.15, 0.2) is 60.7 Å². The molecule has 0 radical (unpaired) electrons. The Morgan fingerprint density at radius 3 is 2.56 bits per heavy atom. The lowest BCUT2D eigenvalue weighted by molar-refractivity contribution is -0.646. The monoisotopic (exact) mass is 354 g/mol. The van der Waals surface area contributed by atoms with E-state index < -0.39 is 0 Å². The summed E-state index contributed by atoms with van der Waals surface area (Å²) in [4.78, 5) is 6.02. The van der Waals surface area contributed by atoms with Crippen molar-refractivity contribution in [3.63, 3.8) is 0 Å². The van der Waals surface area contributed by atoms with Crippen LogP contribution in [0.5, 0.6) is 0 Å². The molecule has 0 bridgehead atoms. The molecule has 27 heavy (non-hydrogen) atoms. The van der Waals surface area contributed by atoms with Gasteiger partial charge in [0.2, 0.25) is 11.2 Å². The number of nitrogens with one attached hydrogen (secondary N) is 1. The molecule has 1 aliphatic heterocycles. The molecule has 1 fully saturated rings. The molecule has 1 saturated heterocycles. The number of benzene rings is 2. The summed E-state index contributed by atoms with van der Waals surface area (Å²) < 4.78 is 2.29. The van der Waals surface area contributed by atoms with Crippen molar-refractivity contribution in [2.24, 2.45) is 7.05 Å². The van der Waals surface area contributed by atoms with Crippen LogP contribution in [0.3, 0.4) is 0 Å². The van der Waals surface area contributed by atoms with E-state index in [1.807, 2.05) is 0 Å². The third-order valence-corrected chi connectivity index (χ3v) is 5.64. The number of pyridine rings is 1. The zero-order chi connectivity index (χ0) is 18.2. The van der Waals surface area contributed by atoms with Gasteiger partial charge in [0.15, 0.2) is 0 Å². The molecule has 2 aromatic carbocycles. The Morgan fingerprint density at radius 2 is 1.70 bits per heavy atom. The first-order valence-corrected chi connectivity index (χ1v) is 9.72. The van der Waals surface area contributed by atoms with Crippen LogP contribution in [0.4, 0.5) is 5.69 Å². The first-order chi connectivity index (χ1) is 13.3. The molecule has 3 nitrogen and oxygen atoms in total. The Bertz CT molecular complexity index is 1110. The minimum absolute atomic E-state index is 1.13. The van der Waals surface area contributed by atoms with Gasteiger partial charge in [-0.3, -0.25) is 0 Å². The fourth-order valence-electron chi connectivity index (χ4n) is 4.18. The number of hydrogen-bond acceptors (Lipinski definition) is 1. The van der Waals surface area contributed by atoms with Crippen molar-refractivity contribution in [2.75, 3.05) is 18.0 Å². The van der Waals surface area contributed by atoms with Gasteiger partial charge in [-0.25, -0.2) is 0 Å². The van der Waals surface area contributed by atoms with Crippen molar-refractivity contribution in [1.29, 1.82) is 0 Å². The molecule has 3 heterocycles. The highest BCUT2D eigenvalue weighted by Gasteiger charge is 2.20. The topological polar surface area (TPSA) is 22.9 Å². The molecule has 4 aromatic rings. The zero-order valence-corrected chi connectivity index (χ0v) is 15.7. The van der Waals surface area contributed by atoms with E-state index in [1.54, 1.807) is 0 Å². The molecule has 2 aromatic heterocycles. The molecule has 134 valence electrons. The summed E-state index contributed by atoms with van der Waals surface area (Å²) in [6, 6.07) is 21.7. The molecule has 0 amide bonds. The molecular weight excluding hydrogens is 330 g/mol. The maximum atomic E-state index is 3.49. The standard InChI is InChI=1S/C24H23N3/c1-26-20(13-12-19-16-18-8-2-4-10-22(18)25-19)17-24(27-14-6-7-15-27)21-9-3-5-11-23(21)26/h2-5,8-13,16-17H,6-7,14-15H2,1H3/p+1. The van der Waals surface area contributed by atoms with Crippen LogP contribution in [0.1, 0.15) is 24.2 Å². The number of aromatic amines is 1. The predicted octanol–water partition coefficient (Wildman–Crippen LogP) is 4.92. The van der Waals surface area contributed by atoms with Crippen LogP contribution in [-0.4, -0.2) is 18.1 Å². The fourth-order valence-corrected chi connectivity index (χ4v) is 4.18. The lowest BCUT2D eigenvalue weighted by atomic mass is 10.1. The number of anilines is 1. The van der Waals surface area contributed by atoms with Gasteiger partial charge in [-0.2, -0.15) is 4.57 Å². The van der Waals surface area contributed by atoms with Crippen molar-refractivity contribution in [3.05, 3.63) is 72.1 Å². The van der Waals surface area contributed by atoms with Crippen molar-refractivity contribution in [2.45, 2.75) is 12.8 Å². The Morgan fingerprint density at radius 1 is 0.926 bits per heavy atom. The van der Waals surface area contributed by atoms with Gasteiger partial charge >= 0.3 is 0 Å². The molecule has 5 rings (SSSR count). The highest BCUT2D eigenvalue weighted by molar-refractivity contribution is 5.91. The summed E-state index contributed by atoms with van der Waals surface area (Å²) in [7, 11) is 2.15. The van der Waals surface area contributed by atoms with Gasteiger partial charge in [-0.05, 0) is 42.5 Å². The van der Waals surface area contributed by atoms with Gasteiger partial charge in [0, 0.05) is 42.5 Å². The average Bonchev–Trinajstić information content (AvgIpc) is 3.37. The summed E-state index contributed by atoms with van der Waals surface area (Å²) in [6.07, 6.45) is 6.97. The van der Waals surface area contributed by atoms with Crippen LogP contribution in [0.2, 0.25) is 0 Å². The predicted molar refractivity (Wildman–Crippen MR) is 114 cm³/mol. The van der Waals surface area contributed by atoms with Crippen LogP contribution >= 0.6 is 0 Å². The van der Waals surface area contributed by atoms with E-state index >= 15 is 0 Å². The average molecular weight is 354 g/mol. The third-order valence-electron chi connectivity index (χ3n) is 5.64. The highest BCUT2D eigenvalue weighted by atomic mass is 15.1. The second kappa shape index (κ2) is 6.58. The van der Waals surface area contributed by atoms with E-state index in [1.165, 1.54) is 46.0 Å². The first kappa shape index (κ1) is 16.1. The molecular formula is C24H24N3+. The number of nitrogens with zero attached hydrogens (tertiary/aromatic N) is 2. The number of para-hydroxylation sites is 2. The summed E-state index contributed by atoms with van der Waals surface area (Å²) in [5.74, 6) is 0. The molecule has 0 aliphatic carbocycles. The fraction of sp³-hybridized carbons (Fsp3) is 0.208. The largest absolute Gasteiger partial charge is 0.371 e. The Hall–Kier alpha value is -3.07. The van der Waals surface area contributed by atoms with Gasteiger partial charge in [-0.15, -0.1) is 0 Å². The van der Waals surface area contributed by atoms with E-state index in [0.29, 0.717) is 0 Å². The number of rotatable bonds is 3. The molecule has 3 heteroatoms. The summed E-state index contributed by atoms with van der Waals surface area (Å²) in [6.45, 7) is 2.31. The van der Waals surface area contributed by atoms with E-state index in [9.17, 15) is 0 Å². The van der Waals surface area contributed by atoms with Crippen LogP contribution in [0, 0.1) is 0 Å². The van der Waals surface area contributed by atoms with Crippen molar-refractivity contribution < 1.29 is 4.57 Å². The van der Waals surface area contributed by atoms with Crippen molar-refractivity contribution >= 4 is 39.6 Å². The molecule has 0 unspecified atom stereocenters. The zero-order valence-electron chi connectivity index (χ0n) is 15.7. The maximum Gasteiger partial charge on any atom is 0.214 e. The Balaban J connectivity index is 1.60. The van der Waals surface area contributed by atoms with Gasteiger partial charge < -0.3 is 9.88 Å². The lowest BCUT2D eigenvalue weighted by Gasteiger charge is -2.19. The SMILES string of the molecule is C[n+]1c(/C=C/c2cc3ccccc3[nH]2)cc(N2CCCC2)c2ccccc21. The Kier molecular flexibility index (Phi) is 3.93. The van der Waals surface area contributed by atoms with E-state index in [0.717, 1.165) is 18.8 Å². The maximum absolute atomic E-state index is 3.49. The first-order valence-electron chi connectivity index (χ1n) is 9.72. The normalized spacial score (nSPS) is 14.8. The second-order valence-electron chi connectivity index (χ2n) is 7.37. The smallest absolute Gasteiger partial charge is 0.214 e. The van der Waals surface area contributed by atoms with E-state index in [-0.39, 0.29) is 0 Å². The summed E-state index contributed by atoms with van der Waals surface area (Å²) in [5.41, 5.74) is 6.16. The molecule has 1 aliphatic rings. The molecule has 0 saturated carbocycles. The second-order valence-corrected chi connectivity index (χ2v) is 7.37. The lowest BCUT2D eigenvalue weighted by Crippen LogP contribution is -2.34. The Labute approximate surface area is 159 Å². The summed E-state index contributed by atoms with van der Waals surface area (Å²) in [5, 5.41) is 2.59. The molecule has 0 spiro atoms. The number of fused-ring (bicyclic) bond motifs is 2. The highest BCUT2D eigenvalue weighted by Crippen LogP contribution is 2.29. The molecule has 0 atom stereocenters. The molecule has 1 N–H and O–H groups in total. The number of aromatic nitrogens is 2. The quantitative estimate of drug-likeness (QED) is 0.519. The number of hydrogen-bond donors (Lipinski definition) is 1.